The van der Waals surface area contributed by atoms with Crippen molar-refractivity contribution in [3.05, 3.63) is 88.9 Å². The third-order valence-corrected chi connectivity index (χ3v) is 6.52. The van der Waals surface area contributed by atoms with E-state index < -0.39 is 11.7 Å². The minimum atomic E-state index is -4.43. The number of allylic oxidation sites excluding steroid dienone is 1. The zero-order chi connectivity index (χ0) is 25.1. The van der Waals surface area contributed by atoms with Gasteiger partial charge in [0, 0.05) is 36.1 Å². The number of amides is 1. The zero-order valence-electron chi connectivity index (χ0n) is 19.6. The van der Waals surface area contributed by atoms with Gasteiger partial charge in [-0.1, -0.05) is 23.8 Å². The maximum Gasteiger partial charge on any atom is 0.417 e. The van der Waals surface area contributed by atoms with Crippen LogP contribution in [0.25, 0.3) is 6.08 Å². The summed E-state index contributed by atoms with van der Waals surface area (Å²) < 4.78 is 43.8. The number of benzene rings is 1. The molecule has 5 nitrogen and oxygen atoms in total. The lowest BCUT2D eigenvalue weighted by molar-refractivity contribution is -0.137. The minimum Gasteiger partial charge on any atom is -0.439 e. The van der Waals surface area contributed by atoms with Gasteiger partial charge in [0.05, 0.1) is 11.1 Å². The SMILES string of the molecule is O=C(NC1CCC(=Cc2cccc(Oc3ccc(C(F)(F)F)cn3)c2)CC1)c1ccc(C2CC2)nc1. The van der Waals surface area contributed by atoms with E-state index in [2.05, 4.69) is 21.4 Å². The van der Waals surface area contributed by atoms with Crippen LogP contribution in [0, 0.1) is 0 Å². The first-order valence-corrected chi connectivity index (χ1v) is 12.1. The van der Waals surface area contributed by atoms with Gasteiger partial charge in [-0.25, -0.2) is 4.98 Å². The number of carbonyl (C=O) groups excluding carboxylic acids is 1. The summed E-state index contributed by atoms with van der Waals surface area (Å²) in [5.41, 5.74) is 3.08. The van der Waals surface area contributed by atoms with Crippen molar-refractivity contribution in [2.24, 2.45) is 0 Å². The van der Waals surface area contributed by atoms with Crippen LogP contribution in [-0.4, -0.2) is 21.9 Å². The quantitative estimate of drug-likeness (QED) is 0.405. The fourth-order valence-electron chi connectivity index (χ4n) is 4.34. The molecule has 3 aromatic rings. The molecular formula is C28H26F3N3O2. The van der Waals surface area contributed by atoms with Gasteiger partial charge in [-0.2, -0.15) is 13.2 Å². The number of alkyl halides is 3. The summed E-state index contributed by atoms with van der Waals surface area (Å²) in [5.74, 6) is 1.09. The van der Waals surface area contributed by atoms with Gasteiger partial charge in [-0.05, 0) is 74.4 Å². The van der Waals surface area contributed by atoms with Crippen molar-refractivity contribution in [3.8, 4) is 11.6 Å². The first-order chi connectivity index (χ1) is 17.3. The Bertz CT molecular complexity index is 1240. The Morgan fingerprint density at radius 2 is 1.78 bits per heavy atom. The molecule has 0 radical (unpaired) electrons. The average Bonchev–Trinajstić information content (AvgIpc) is 3.71. The lowest BCUT2D eigenvalue weighted by Crippen LogP contribution is -2.36. The Kier molecular flexibility index (Phi) is 6.76. The number of hydrogen-bond donors (Lipinski definition) is 1. The van der Waals surface area contributed by atoms with Crippen molar-refractivity contribution in [2.45, 2.75) is 56.7 Å². The second-order valence-electron chi connectivity index (χ2n) is 9.35. The number of rotatable bonds is 6. The number of halogens is 3. The number of pyridine rings is 2. The van der Waals surface area contributed by atoms with E-state index in [1.165, 1.54) is 24.5 Å². The van der Waals surface area contributed by atoms with Gasteiger partial charge < -0.3 is 10.1 Å². The molecule has 2 aliphatic rings. The predicted molar refractivity (Wildman–Crippen MR) is 130 cm³/mol. The molecule has 5 rings (SSSR count). The number of hydrogen-bond acceptors (Lipinski definition) is 4. The molecule has 1 amide bonds. The summed E-state index contributed by atoms with van der Waals surface area (Å²) in [7, 11) is 0. The third-order valence-electron chi connectivity index (χ3n) is 6.52. The van der Waals surface area contributed by atoms with Crippen LogP contribution in [0.3, 0.4) is 0 Å². The molecule has 0 bridgehead atoms. The smallest absolute Gasteiger partial charge is 0.417 e. The highest BCUT2D eigenvalue weighted by atomic mass is 19.4. The minimum absolute atomic E-state index is 0.0796. The molecule has 0 saturated heterocycles. The van der Waals surface area contributed by atoms with E-state index in [1.54, 1.807) is 12.3 Å². The Balaban J connectivity index is 1.14. The van der Waals surface area contributed by atoms with Crippen molar-refractivity contribution >= 4 is 12.0 Å². The van der Waals surface area contributed by atoms with E-state index in [1.807, 2.05) is 30.3 Å². The molecule has 2 aliphatic carbocycles. The van der Waals surface area contributed by atoms with Crippen molar-refractivity contribution in [3.63, 3.8) is 0 Å². The molecule has 0 spiro atoms. The van der Waals surface area contributed by atoms with Gasteiger partial charge in [0.1, 0.15) is 5.75 Å². The van der Waals surface area contributed by atoms with Crippen LogP contribution in [0.2, 0.25) is 0 Å². The monoisotopic (exact) mass is 493 g/mol. The molecule has 186 valence electrons. The van der Waals surface area contributed by atoms with E-state index in [9.17, 15) is 18.0 Å². The normalized spacial score (nSPS) is 18.0. The molecule has 2 heterocycles. The third kappa shape index (κ3) is 6.11. The van der Waals surface area contributed by atoms with Crippen molar-refractivity contribution in [1.29, 1.82) is 0 Å². The first-order valence-electron chi connectivity index (χ1n) is 12.1. The van der Waals surface area contributed by atoms with E-state index in [4.69, 9.17) is 4.74 Å². The van der Waals surface area contributed by atoms with Crippen molar-refractivity contribution in [2.75, 3.05) is 0 Å². The molecule has 0 unspecified atom stereocenters. The maximum absolute atomic E-state index is 12.7. The lowest BCUT2D eigenvalue weighted by Gasteiger charge is -2.25. The molecule has 0 aliphatic heterocycles. The Morgan fingerprint density at radius 1 is 0.972 bits per heavy atom. The molecule has 1 aromatic carbocycles. The summed E-state index contributed by atoms with van der Waals surface area (Å²) in [6.45, 7) is 0. The molecular weight excluding hydrogens is 467 g/mol. The molecule has 1 N–H and O–H groups in total. The van der Waals surface area contributed by atoms with E-state index in [0.29, 0.717) is 17.2 Å². The van der Waals surface area contributed by atoms with Crippen LogP contribution < -0.4 is 10.1 Å². The average molecular weight is 494 g/mol. The number of nitrogens with zero attached hydrogens (tertiary/aromatic N) is 2. The molecule has 0 atom stereocenters. The van der Waals surface area contributed by atoms with E-state index in [0.717, 1.165) is 49.2 Å². The van der Waals surface area contributed by atoms with Crippen LogP contribution in [0.15, 0.2) is 66.5 Å². The topological polar surface area (TPSA) is 64.1 Å². The Morgan fingerprint density at radius 3 is 2.42 bits per heavy atom. The number of nitrogens with one attached hydrogen (secondary N) is 1. The maximum atomic E-state index is 12.7. The van der Waals surface area contributed by atoms with Crippen LogP contribution in [0.4, 0.5) is 13.2 Å². The lowest BCUT2D eigenvalue weighted by atomic mass is 9.89. The Hall–Kier alpha value is -3.68. The number of ether oxygens (including phenoxy) is 1. The highest BCUT2D eigenvalue weighted by molar-refractivity contribution is 5.94. The molecule has 8 heteroatoms. The Labute approximate surface area is 207 Å². The van der Waals surface area contributed by atoms with Gasteiger partial charge in [0.15, 0.2) is 0 Å². The second-order valence-corrected chi connectivity index (χ2v) is 9.35. The van der Waals surface area contributed by atoms with Crippen LogP contribution >= 0.6 is 0 Å². The largest absolute Gasteiger partial charge is 0.439 e. The van der Waals surface area contributed by atoms with E-state index >= 15 is 0 Å². The molecule has 2 saturated carbocycles. The highest BCUT2D eigenvalue weighted by Crippen LogP contribution is 2.38. The number of carbonyl (C=O) groups is 1. The van der Waals surface area contributed by atoms with Crippen molar-refractivity contribution in [1.82, 2.24) is 15.3 Å². The molecule has 36 heavy (non-hydrogen) atoms. The van der Waals surface area contributed by atoms with Crippen LogP contribution in [0.1, 0.15) is 71.6 Å². The fraction of sp³-hybridized carbons (Fsp3) is 0.321. The summed E-state index contributed by atoms with van der Waals surface area (Å²) in [6.07, 6.45) is 5.93. The van der Waals surface area contributed by atoms with Gasteiger partial charge in [0.25, 0.3) is 5.91 Å². The summed E-state index contributed by atoms with van der Waals surface area (Å²) >= 11 is 0. The van der Waals surface area contributed by atoms with Crippen LogP contribution in [0.5, 0.6) is 11.6 Å². The van der Waals surface area contributed by atoms with E-state index in [-0.39, 0.29) is 17.8 Å². The van der Waals surface area contributed by atoms with Crippen LogP contribution in [-0.2, 0) is 6.18 Å². The first kappa shape index (κ1) is 24.0. The highest BCUT2D eigenvalue weighted by Gasteiger charge is 2.30. The van der Waals surface area contributed by atoms with Gasteiger partial charge in [-0.15, -0.1) is 0 Å². The summed E-state index contributed by atoms with van der Waals surface area (Å²) in [4.78, 5) is 20.8. The predicted octanol–water partition coefficient (Wildman–Crippen LogP) is 6.92. The van der Waals surface area contributed by atoms with Crippen molar-refractivity contribution < 1.29 is 22.7 Å². The second kappa shape index (κ2) is 10.1. The summed E-state index contributed by atoms with van der Waals surface area (Å²) in [6, 6.07) is 13.5. The fourth-order valence-corrected chi connectivity index (χ4v) is 4.34. The number of aromatic nitrogens is 2. The summed E-state index contributed by atoms with van der Waals surface area (Å²) in [5, 5.41) is 3.13. The van der Waals surface area contributed by atoms with Gasteiger partial charge in [-0.3, -0.25) is 9.78 Å². The standard InChI is InChI=1S/C28H26F3N3O2/c29-28(30,31)22-9-13-26(33-17-22)36-24-3-1-2-19(15-24)14-18-4-10-23(11-5-18)34-27(35)21-8-12-25(32-16-21)20-6-7-20/h1-3,8-9,12-17,20,23H,4-7,10-11H2,(H,34,35). The van der Waals surface area contributed by atoms with Gasteiger partial charge >= 0.3 is 6.18 Å². The molecule has 2 aromatic heterocycles. The van der Waals surface area contributed by atoms with Gasteiger partial charge in [0.2, 0.25) is 5.88 Å². The zero-order valence-corrected chi connectivity index (χ0v) is 19.6. The molecule has 2 fully saturated rings.